The molecular formula is C12H24O2. The maximum absolute atomic E-state index is 11.0. The number of rotatable bonds is 6. The van der Waals surface area contributed by atoms with Gasteiger partial charge in [0.05, 0.1) is 0 Å². The van der Waals surface area contributed by atoms with Crippen molar-refractivity contribution in [1.29, 1.82) is 0 Å². The Bertz CT molecular complexity index is 177. The smallest absolute Gasteiger partial charge is 0.303 e. The number of hydrogen-bond acceptors (Lipinski definition) is 2. The lowest BCUT2D eigenvalue weighted by Crippen LogP contribution is -2.37. The minimum absolute atomic E-state index is 0.169. The predicted octanol–water partition coefficient (Wildman–Crippen LogP) is 3.54. The third-order valence-electron chi connectivity index (χ3n) is 3.11. The van der Waals surface area contributed by atoms with Crippen molar-refractivity contribution in [2.24, 2.45) is 5.92 Å². The van der Waals surface area contributed by atoms with Crippen LogP contribution in [0.2, 0.25) is 0 Å². The summed E-state index contributed by atoms with van der Waals surface area (Å²) < 4.78 is 5.41. The number of ether oxygens (including phenoxy) is 1. The van der Waals surface area contributed by atoms with Crippen LogP contribution < -0.4 is 0 Å². The summed E-state index contributed by atoms with van der Waals surface area (Å²) in [5.74, 6) is 0.272. The van der Waals surface area contributed by atoms with Crippen LogP contribution in [0.1, 0.15) is 60.3 Å². The highest BCUT2D eigenvalue weighted by Crippen LogP contribution is 2.29. The number of carbonyl (C=O) groups is 1. The average Bonchev–Trinajstić information content (AvgIpc) is 2.12. The van der Waals surface area contributed by atoms with Gasteiger partial charge in [-0.3, -0.25) is 4.79 Å². The first kappa shape index (κ1) is 13.5. The fourth-order valence-electron chi connectivity index (χ4n) is 1.67. The standard InChI is InChI=1S/C12H24O2/c1-6-8-9-10(3)12(5,7-2)14-11(4)13/h10H,6-9H2,1-5H3. The Kier molecular flexibility index (Phi) is 5.82. The molecule has 0 bridgehead atoms. The first-order chi connectivity index (χ1) is 6.46. The largest absolute Gasteiger partial charge is 0.459 e. The molecule has 14 heavy (non-hydrogen) atoms. The van der Waals surface area contributed by atoms with Crippen molar-refractivity contribution in [3.05, 3.63) is 0 Å². The van der Waals surface area contributed by atoms with E-state index in [4.69, 9.17) is 4.74 Å². The molecule has 2 nitrogen and oxygen atoms in total. The Labute approximate surface area is 88.0 Å². The molecular weight excluding hydrogens is 176 g/mol. The Morgan fingerprint density at radius 1 is 1.43 bits per heavy atom. The molecule has 0 amide bonds. The van der Waals surface area contributed by atoms with Crippen molar-refractivity contribution in [2.45, 2.75) is 65.9 Å². The number of carbonyl (C=O) groups excluding carboxylic acids is 1. The molecule has 2 unspecified atom stereocenters. The lowest BCUT2D eigenvalue weighted by Gasteiger charge is -2.34. The third kappa shape index (κ3) is 4.12. The second-order valence-electron chi connectivity index (χ2n) is 4.30. The molecule has 0 aliphatic rings. The van der Waals surface area contributed by atoms with Gasteiger partial charge in [-0.2, -0.15) is 0 Å². The van der Waals surface area contributed by atoms with Gasteiger partial charge in [-0.25, -0.2) is 0 Å². The van der Waals surface area contributed by atoms with Crippen molar-refractivity contribution in [1.82, 2.24) is 0 Å². The van der Waals surface area contributed by atoms with Gasteiger partial charge < -0.3 is 4.74 Å². The molecule has 2 atom stereocenters. The Morgan fingerprint density at radius 2 is 2.00 bits per heavy atom. The van der Waals surface area contributed by atoms with Gasteiger partial charge in [0.2, 0.25) is 0 Å². The van der Waals surface area contributed by atoms with Crippen LogP contribution >= 0.6 is 0 Å². The summed E-state index contributed by atoms with van der Waals surface area (Å²) in [5.41, 5.74) is -0.277. The molecule has 0 aliphatic carbocycles. The molecule has 84 valence electrons. The second-order valence-corrected chi connectivity index (χ2v) is 4.30. The molecule has 0 saturated heterocycles. The average molecular weight is 200 g/mol. The quantitative estimate of drug-likeness (QED) is 0.613. The zero-order valence-corrected chi connectivity index (χ0v) is 10.2. The third-order valence-corrected chi connectivity index (χ3v) is 3.11. The molecule has 0 aromatic rings. The van der Waals surface area contributed by atoms with Gasteiger partial charge in [-0.1, -0.05) is 33.6 Å². The predicted molar refractivity (Wildman–Crippen MR) is 59.2 cm³/mol. The van der Waals surface area contributed by atoms with Crippen LogP contribution in [0.4, 0.5) is 0 Å². The van der Waals surface area contributed by atoms with Gasteiger partial charge in [0, 0.05) is 6.92 Å². The molecule has 0 heterocycles. The summed E-state index contributed by atoms with van der Waals surface area (Å²) in [4.78, 5) is 11.0. The minimum Gasteiger partial charge on any atom is -0.459 e. The number of esters is 1. The Morgan fingerprint density at radius 3 is 2.36 bits per heavy atom. The van der Waals surface area contributed by atoms with E-state index in [9.17, 15) is 4.79 Å². The monoisotopic (exact) mass is 200 g/mol. The Hall–Kier alpha value is -0.530. The summed E-state index contributed by atoms with van der Waals surface area (Å²) in [6.45, 7) is 9.95. The maximum Gasteiger partial charge on any atom is 0.303 e. The molecule has 0 N–H and O–H groups in total. The van der Waals surface area contributed by atoms with Gasteiger partial charge >= 0.3 is 5.97 Å². The van der Waals surface area contributed by atoms with Gasteiger partial charge in [0.25, 0.3) is 0 Å². The molecule has 0 radical (unpaired) electrons. The van der Waals surface area contributed by atoms with E-state index >= 15 is 0 Å². The first-order valence-corrected chi connectivity index (χ1v) is 5.65. The molecule has 0 aromatic carbocycles. The molecule has 0 rings (SSSR count). The molecule has 0 aromatic heterocycles. The van der Waals surface area contributed by atoms with Crippen LogP contribution in [0.3, 0.4) is 0 Å². The molecule has 0 spiro atoms. The van der Waals surface area contributed by atoms with Crippen LogP contribution in [0.15, 0.2) is 0 Å². The first-order valence-electron chi connectivity index (χ1n) is 5.65. The summed E-state index contributed by atoms with van der Waals surface area (Å²) in [7, 11) is 0. The highest BCUT2D eigenvalue weighted by atomic mass is 16.6. The van der Waals surface area contributed by atoms with E-state index in [-0.39, 0.29) is 11.6 Å². The van der Waals surface area contributed by atoms with Crippen molar-refractivity contribution in [2.75, 3.05) is 0 Å². The summed E-state index contributed by atoms with van der Waals surface area (Å²) in [6, 6.07) is 0. The lowest BCUT2D eigenvalue weighted by molar-refractivity contribution is -0.161. The topological polar surface area (TPSA) is 26.3 Å². The maximum atomic E-state index is 11.0. The van der Waals surface area contributed by atoms with Gasteiger partial charge in [0.1, 0.15) is 5.60 Å². The molecule has 0 aliphatic heterocycles. The van der Waals surface area contributed by atoms with Crippen molar-refractivity contribution < 1.29 is 9.53 Å². The fourth-order valence-corrected chi connectivity index (χ4v) is 1.67. The zero-order valence-electron chi connectivity index (χ0n) is 10.2. The summed E-state index contributed by atoms with van der Waals surface area (Å²) >= 11 is 0. The fraction of sp³-hybridized carbons (Fsp3) is 0.917. The summed E-state index contributed by atoms with van der Waals surface area (Å²) in [5, 5.41) is 0. The van der Waals surface area contributed by atoms with Gasteiger partial charge in [-0.15, -0.1) is 0 Å². The van der Waals surface area contributed by atoms with E-state index in [0.29, 0.717) is 5.92 Å². The number of unbranched alkanes of at least 4 members (excludes halogenated alkanes) is 1. The van der Waals surface area contributed by atoms with E-state index < -0.39 is 0 Å². The highest BCUT2D eigenvalue weighted by Gasteiger charge is 2.31. The summed E-state index contributed by atoms with van der Waals surface area (Å²) in [6.07, 6.45) is 4.42. The van der Waals surface area contributed by atoms with Gasteiger partial charge in [-0.05, 0) is 25.7 Å². The van der Waals surface area contributed by atoms with Crippen LogP contribution in [0.5, 0.6) is 0 Å². The van der Waals surface area contributed by atoms with Crippen LogP contribution in [-0.4, -0.2) is 11.6 Å². The van der Waals surface area contributed by atoms with Crippen LogP contribution in [0.25, 0.3) is 0 Å². The van der Waals surface area contributed by atoms with E-state index in [1.165, 1.54) is 19.8 Å². The molecule has 0 fully saturated rings. The van der Waals surface area contributed by atoms with Crippen LogP contribution in [0, 0.1) is 5.92 Å². The van der Waals surface area contributed by atoms with Crippen molar-refractivity contribution in [3.8, 4) is 0 Å². The second kappa shape index (κ2) is 6.05. The lowest BCUT2D eigenvalue weighted by atomic mass is 9.84. The zero-order chi connectivity index (χ0) is 11.2. The van der Waals surface area contributed by atoms with E-state index in [2.05, 4.69) is 20.8 Å². The van der Waals surface area contributed by atoms with Crippen molar-refractivity contribution >= 4 is 5.97 Å². The Balaban J connectivity index is 4.26. The van der Waals surface area contributed by atoms with Gasteiger partial charge in [0.15, 0.2) is 0 Å². The molecule has 2 heteroatoms. The van der Waals surface area contributed by atoms with E-state index in [1.54, 1.807) is 0 Å². The highest BCUT2D eigenvalue weighted by molar-refractivity contribution is 5.66. The molecule has 0 saturated carbocycles. The number of hydrogen-bond donors (Lipinski definition) is 0. The van der Waals surface area contributed by atoms with E-state index in [0.717, 1.165) is 12.8 Å². The van der Waals surface area contributed by atoms with Crippen molar-refractivity contribution in [3.63, 3.8) is 0 Å². The normalized spacial score (nSPS) is 17.2. The van der Waals surface area contributed by atoms with Crippen LogP contribution in [-0.2, 0) is 9.53 Å². The minimum atomic E-state index is -0.277. The SMILES string of the molecule is CCCCC(C)C(C)(CC)OC(C)=O. The van der Waals surface area contributed by atoms with E-state index in [1.807, 2.05) is 6.92 Å².